The van der Waals surface area contributed by atoms with Crippen LogP contribution in [0.25, 0.3) is 0 Å². The summed E-state index contributed by atoms with van der Waals surface area (Å²) in [5.41, 5.74) is 3.13. The number of nitrogens with one attached hydrogen (secondary N) is 2. The van der Waals surface area contributed by atoms with Gasteiger partial charge >= 0.3 is 0 Å². The van der Waals surface area contributed by atoms with Crippen molar-refractivity contribution in [1.82, 2.24) is 5.48 Å². The summed E-state index contributed by atoms with van der Waals surface area (Å²) >= 11 is 5.78. The molecule has 0 bridgehead atoms. The van der Waals surface area contributed by atoms with E-state index in [1.807, 2.05) is 31.2 Å². The zero-order valence-corrected chi connectivity index (χ0v) is 19.9. The Morgan fingerprint density at radius 3 is 2.21 bits per heavy atom. The van der Waals surface area contributed by atoms with E-state index in [0.29, 0.717) is 11.5 Å². The zero-order chi connectivity index (χ0) is 24.9. The second-order valence-corrected chi connectivity index (χ2v) is 9.82. The Kier molecular flexibility index (Phi) is 7.98. The minimum absolute atomic E-state index is 0.183. The first-order valence-electron chi connectivity index (χ1n) is 10.0. The normalized spacial score (nSPS) is 12.0. The minimum Gasteiger partial charge on any atom is -0.457 e. The van der Waals surface area contributed by atoms with Crippen molar-refractivity contribution in [2.75, 3.05) is 22.4 Å². The van der Waals surface area contributed by atoms with E-state index in [1.165, 1.54) is 29.7 Å². The second-order valence-electron chi connectivity index (χ2n) is 7.50. The maximum absolute atomic E-state index is 13.5. The molecule has 11 heteroatoms. The Labute approximate surface area is 201 Å². The maximum Gasteiger partial charge on any atom is 0.267 e. The number of hydroxylamine groups is 1. The summed E-state index contributed by atoms with van der Waals surface area (Å²) in [7, 11) is -3.83. The average Bonchev–Trinajstić information content (AvgIpc) is 2.80. The molecule has 1 amide bonds. The van der Waals surface area contributed by atoms with Crippen LogP contribution in [0.15, 0.2) is 66.7 Å². The van der Waals surface area contributed by atoms with E-state index in [1.54, 1.807) is 12.1 Å². The van der Waals surface area contributed by atoms with E-state index in [-0.39, 0.29) is 22.9 Å². The molecular weight excluding hydrogens is 485 g/mol. The Morgan fingerprint density at radius 1 is 1.09 bits per heavy atom. The van der Waals surface area contributed by atoms with Crippen LogP contribution in [0.5, 0.6) is 11.5 Å². The van der Waals surface area contributed by atoms with E-state index >= 15 is 0 Å². The van der Waals surface area contributed by atoms with Crippen molar-refractivity contribution < 1.29 is 27.5 Å². The number of aryl methyl sites for hydroxylation is 1. The van der Waals surface area contributed by atoms with Crippen LogP contribution in [0.1, 0.15) is 5.56 Å². The lowest BCUT2D eigenvalue weighted by Crippen LogP contribution is -2.48. The monoisotopic (exact) mass is 507 g/mol. The number of anilines is 2. The smallest absolute Gasteiger partial charge is 0.267 e. The number of rotatable bonds is 9. The summed E-state index contributed by atoms with van der Waals surface area (Å²) in [6, 6.07) is 16.2. The molecule has 3 aromatic carbocycles. The lowest BCUT2D eigenvalue weighted by Gasteiger charge is -2.27. The van der Waals surface area contributed by atoms with Crippen LogP contribution in [0, 0.1) is 12.7 Å². The number of ether oxygens (including phenoxy) is 1. The molecule has 34 heavy (non-hydrogen) atoms. The first-order chi connectivity index (χ1) is 16.1. The van der Waals surface area contributed by atoms with Crippen LogP contribution in [-0.2, 0) is 14.8 Å². The number of hydrogen-bond donors (Lipinski definition) is 3. The third-order valence-corrected chi connectivity index (χ3v) is 6.27. The molecule has 0 heterocycles. The number of hydrogen-bond acceptors (Lipinski definition) is 6. The average molecular weight is 508 g/mol. The summed E-state index contributed by atoms with van der Waals surface area (Å²) in [6.07, 6.45) is 0.992. The molecule has 0 radical (unpaired) electrons. The lowest BCUT2D eigenvalue weighted by atomic mass is 10.2. The second kappa shape index (κ2) is 10.7. The highest BCUT2D eigenvalue weighted by Gasteiger charge is 2.27. The Hall–Kier alpha value is -3.34. The van der Waals surface area contributed by atoms with Gasteiger partial charge in [-0.25, -0.2) is 18.3 Å². The zero-order valence-electron chi connectivity index (χ0n) is 18.3. The Bertz CT molecular complexity index is 1250. The molecule has 1 atom stereocenters. The first-order valence-corrected chi connectivity index (χ1v) is 12.3. The molecule has 3 aromatic rings. The summed E-state index contributed by atoms with van der Waals surface area (Å²) in [5, 5.41) is 11.7. The molecule has 0 saturated heterocycles. The van der Waals surface area contributed by atoms with Crippen molar-refractivity contribution in [1.29, 1.82) is 0 Å². The molecule has 0 spiro atoms. The molecule has 0 fully saturated rings. The summed E-state index contributed by atoms with van der Waals surface area (Å²) in [4.78, 5) is 12.3. The van der Waals surface area contributed by atoms with E-state index in [2.05, 4.69) is 5.32 Å². The summed E-state index contributed by atoms with van der Waals surface area (Å²) in [6.45, 7) is 1.58. The van der Waals surface area contributed by atoms with Crippen LogP contribution < -0.4 is 19.8 Å². The van der Waals surface area contributed by atoms with E-state index in [0.717, 1.165) is 22.2 Å². The van der Waals surface area contributed by atoms with Gasteiger partial charge in [-0.2, -0.15) is 0 Å². The molecule has 0 aromatic heterocycles. The van der Waals surface area contributed by atoms with Gasteiger partial charge in [-0.15, -0.1) is 0 Å². The van der Waals surface area contributed by atoms with Crippen LogP contribution in [0.3, 0.4) is 0 Å². The third-order valence-electron chi connectivity index (χ3n) is 4.82. The number of nitrogens with zero attached hydrogens (tertiary/aromatic N) is 1. The maximum atomic E-state index is 13.5. The molecule has 0 aliphatic carbocycles. The van der Waals surface area contributed by atoms with Crippen molar-refractivity contribution in [3.05, 3.63) is 83.1 Å². The fourth-order valence-corrected chi connectivity index (χ4v) is 4.19. The van der Waals surface area contributed by atoms with Crippen LogP contribution >= 0.6 is 11.6 Å². The Morgan fingerprint density at radius 2 is 1.68 bits per heavy atom. The molecule has 180 valence electrons. The molecule has 3 N–H and O–H groups in total. The highest BCUT2D eigenvalue weighted by atomic mass is 35.5. The molecule has 0 unspecified atom stereocenters. The van der Waals surface area contributed by atoms with Gasteiger partial charge in [0.25, 0.3) is 5.91 Å². The number of carbonyl (C=O) groups is 1. The van der Waals surface area contributed by atoms with Gasteiger partial charge in [0.05, 0.1) is 23.5 Å². The fraction of sp³-hybridized carbons (Fsp3) is 0.174. The van der Waals surface area contributed by atoms with Gasteiger partial charge < -0.3 is 10.1 Å². The predicted molar refractivity (Wildman–Crippen MR) is 129 cm³/mol. The first kappa shape index (κ1) is 25.3. The molecule has 3 rings (SSSR count). The number of benzene rings is 3. The fourth-order valence-electron chi connectivity index (χ4n) is 3.08. The van der Waals surface area contributed by atoms with Crippen LogP contribution in [0.2, 0.25) is 5.02 Å². The van der Waals surface area contributed by atoms with Gasteiger partial charge in [0.1, 0.15) is 23.4 Å². The van der Waals surface area contributed by atoms with E-state index in [9.17, 15) is 17.6 Å². The summed E-state index contributed by atoms with van der Waals surface area (Å²) in [5.74, 6) is -0.431. The van der Waals surface area contributed by atoms with Gasteiger partial charge in [0.15, 0.2) is 0 Å². The van der Waals surface area contributed by atoms with Gasteiger partial charge in [-0.1, -0.05) is 29.3 Å². The van der Waals surface area contributed by atoms with Crippen molar-refractivity contribution in [2.45, 2.75) is 13.0 Å². The number of carbonyl (C=O) groups excluding carboxylic acids is 1. The number of halogens is 2. The molecule has 0 aliphatic rings. The van der Waals surface area contributed by atoms with E-state index in [4.69, 9.17) is 21.5 Å². The highest BCUT2D eigenvalue weighted by Crippen LogP contribution is 2.27. The predicted octanol–water partition coefficient (Wildman–Crippen LogP) is 4.33. The third kappa shape index (κ3) is 6.60. The van der Waals surface area contributed by atoms with Crippen molar-refractivity contribution in [3.8, 4) is 11.5 Å². The van der Waals surface area contributed by atoms with Crippen molar-refractivity contribution in [2.24, 2.45) is 0 Å². The highest BCUT2D eigenvalue weighted by molar-refractivity contribution is 7.92. The van der Waals surface area contributed by atoms with Crippen LogP contribution in [0.4, 0.5) is 15.8 Å². The van der Waals surface area contributed by atoms with Crippen LogP contribution in [-0.4, -0.2) is 38.4 Å². The number of sulfonamides is 1. The van der Waals surface area contributed by atoms with Crippen molar-refractivity contribution >= 4 is 38.9 Å². The molecule has 8 nitrogen and oxygen atoms in total. The van der Waals surface area contributed by atoms with E-state index < -0.39 is 27.8 Å². The quantitative estimate of drug-likeness (QED) is 0.294. The Balaban J connectivity index is 1.83. The van der Waals surface area contributed by atoms with Gasteiger partial charge in [-0.05, 0) is 61.5 Å². The standard InChI is InChI=1S/C23H23ClFN3O5S/c1-15-3-8-18(9-4-15)33-19-10-6-17(7-11-19)28(34(2,31)32)14-22(23(29)27-30)26-16-5-12-21(25)20(24)13-16/h3-13,22,26,30H,14H2,1-2H3,(H,27,29)/t22-/m0/s1. The summed E-state index contributed by atoms with van der Waals surface area (Å²) < 4.78 is 45.3. The molecular formula is C23H23ClFN3O5S. The molecule has 0 saturated carbocycles. The topological polar surface area (TPSA) is 108 Å². The lowest BCUT2D eigenvalue weighted by molar-refractivity contribution is -0.129. The van der Waals surface area contributed by atoms with Gasteiger partial charge in [0.2, 0.25) is 10.0 Å². The minimum atomic E-state index is -3.83. The largest absolute Gasteiger partial charge is 0.457 e. The van der Waals surface area contributed by atoms with Gasteiger partial charge in [-0.3, -0.25) is 14.3 Å². The SMILES string of the molecule is Cc1ccc(Oc2ccc(N(C[C@H](Nc3ccc(F)c(Cl)c3)C(=O)NO)S(C)(=O)=O)cc2)cc1. The number of amides is 1. The molecule has 0 aliphatic heterocycles. The van der Waals surface area contributed by atoms with Crippen molar-refractivity contribution in [3.63, 3.8) is 0 Å². The van der Waals surface area contributed by atoms with Gasteiger partial charge in [0, 0.05) is 5.69 Å².